The molecule has 2 heterocycles. The van der Waals surface area contributed by atoms with Gasteiger partial charge >= 0.3 is 11.9 Å². The maximum absolute atomic E-state index is 11.6. The van der Waals surface area contributed by atoms with E-state index in [0.29, 0.717) is 5.75 Å². The largest absolute Gasteiger partial charge is 0.479 e. The normalized spacial score (nSPS) is 20.1. The van der Waals surface area contributed by atoms with Crippen molar-refractivity contribution in [2.45, 2.75) is 38.8 Å². The van der Waals surface area contributed by atoms with E-state index in [1.807, 2.05) is 24.3 Å². The topological polar surface area (TPSA) is 71.1 Å². The van der Waals surface area contributed by atoms with E-state index in [1.54, 1.807) is 6.92 Å². The second-order valence-electron chi connectivity index (χ2n) is 7.17. The minimum Gasteiger partial charge on any atom is -0.479 e. The molecule has 0 aromatic heterocycles. The number of ether oxygens (including phenoxy) is 2. The van der Waals surface area contributed by atoms with Gasteiger partial charge in [-0.2, -0.15) is 0 Å². The van der Waals surface area contributed by atoms with Crippen molar-refractivity contribution in [1.82, 2.24) is 10.2 Å². The third kappa shape index (κ3) is 5.43. The summed E-state index contributed by atoms with van der Waals surface area (Å²) in [4.78, 5) is 27.5. The number of nitrogens with one attached hydrogen (secondary N) is 1. The molecule has 1 atom stereocenters. The van der Waals surface area contributed by atoms with Crippen LogP contribution in [-0.2, 0) is 14.3 Å². The van der Waals surface area contributed by atoms with E-state index in [0.717, 1.165) is 51.0 Å². The third-order valence-corrected chi connectivity index (χ3v) is 5.23. The summed E-state index contributed by atoms with van der Waals surface area (Å²) < 4.78 is 10.1. The summed E-state index contributed by atoms with van der Waals surface area (Å²) in [6, 6.07) is 8.45. The number of nitrogens with zero attached hydrogens (tertiary/aromatic N) is 2. The molecule has 27 heavy (non-hydrogen) atoms. The molecular weight excluding hydrogens is 346 g/mol. The van der Waals surface area contributed by atoms with Gasteiger partial charge in [0.05, 0.1) is 0 Å². The predicted molar refractivity (Wildman–Crippen MR) is 103 cm³/mol. The van der Waals surface area contributed by atoms with Crippen LogP contribution in [0.4, 0.5) is 5.69 Å². The lowest BCUT2D eigenvalue weighted by Crippen LogP contribution is -2.52. The van der Waals surface area contributed by atoms with Gasteiger partial charge in [-0.25, -0.2) is 4.79 Å². The summed E-state index contributed by atoms with van der Waals surface area (Å²) in [7, 11) is 0. The summed E-state index contributed by atoms with van der Waals surface area (Å²) >= 11 is 0. The molecule has 0 aliphatic carbocycles. The Balaban J connectivity index is 1.49. The number of rotatable bonds is 5. The van der Waals surface area contributed by atoms with E-state index < -0.39 is 18.0 Å². The molecule has 7 heteroatoms. The van der Waals surface area contributed by atoms with E-state index in [9.17, 15) is 9.59 Å². The maximum atomic E-state index is 11.6. The molecule has 1 aromatic carbocycles. The Bertz CT molecular complexity index is 635. The molecule has 3 rings (SSSR count). The van der Waals surface area contributed by atoms with E-state index in [4.69, 9.17) is 4.74 Å². The predicted octanol–water partition coefficient (Wildman–Crippen LogP) is 1.42. The van der Waals surface area contributed by atoms with Crippen molar-refractivity contribution < 1.29 is 19.1 Å². The summed E-state index contributed by atoms with van der Waals surface area (Å²) in [5, 5.41) is 3.43. The first kappa shape index (κ1) is 19.6. The smallest absolute Gasteiger partial charge is 0.354 e. The molecule has 1 aromatic rings. The van der Waals surface area contributed by atoms with Gasteiger partial charge in [-0.05, 0) is 57.1 Å². The molecule has 0 spiro atoms. The van der Waals surface area contributed by atoms with Crippen LogP contribution in [0.2, 0.25) is 0 Å². The average molecular weight is 375 g/mol. The van der Waals surface area contributed by atoms with Gasteiger partial charge in [0.15, 0.2) is 6.10 Å². The zero-order chi connectivity index (χ0) is 19.2. The highest BCUT2D eigenvalue weighted by atomic mass is 16.6. The summed E-state index contributed by atoms with van der Waals surface area (Å²) in [6.07, 6.45) is 1.67. The summed E-state index contributed by atoms with van der Waals surface area (Å²) in [5.41, 5.74) is 1.16. The van der Waals surface area contributed by atoms with Crippen molar-refractivity contribution in [3.05, 3.63) is 24.3 Å². The zero-order valence-corrected chi connectivity index (χ0v) is 16.1. The van der Waals surface area contributed by atoms with E-state index in [-0.39, 0.29) is 0 Å². The lowest BCUT2D eigenvalue weighted by atomic mass is 10.0. The standard InChI is InChI=1S/C20H29N3O4/c1-15(20(25)27-16(2)24)26-19-5-3-17(4-6-19)22-11-13-23(14-12-22)18-7-9-21-10-8-18/h3-6,15,18,21H,7-14H2,1-2H3. The molecule has 7 nitrogen and oxygen atoms in total. The summed E-state index contributed by atoms with van der Waals surface area (Å²) in [5.74, 6) is -0.727. The van der Waals surface area contributed by atoms with Crippen molar-refractivity contribution in [2.24, 2.45) is 0 Å². The molecule has 2 aliphatic heterocycles. The molecule has 148 valence electrons. The van der Waals surface area contributed by atoms with Crippen LogP contribution in [0.25, 0.3) is 0 Å². The fourth-order valence-corrected chi connectivity index (χ4v) is 3.73. The van der Waals surface area contributed by atoms with Crippen molar-refractivity contribution >= 4 is 17.6 Å². The number of hydrogen-bond acceptors (Lipinski definition) is 7. The minimum absolute atomic E-state index is 0.583. The number of benzene rings is 1. The van der Waals surface area contributed by atoms with Crippen LogP contribution in [0, 0.1) is 0 Å². The van der Waals surface area contributed by atoms with Crippen LogP contribution < -0.4 is 15.0 Å². The molecule has 0 saturated carbocycles. The number of anilines is 1. The van der Waals surface area contributed by atoms with Crippen molar-refractivity contribution in [3.8, 4) is 5.75 Å². The van der Waals surface area contributed by atoms with Gasteiger partial charge in [-0.3, -0.25) is 9.69 Å². The monoisotopic (exact) mass is 375 g/mol. The van der Waals surface area contributed by atoms with E-state index in [1.165, 1.54) is 19.8 Å². The van der Waals surface area contributed by atoms with Crippen LogP contribution >= 0.6 is 0 Å². The van der Waals surface area contributed by atoms with Gasteiger partial charge in [-0.15, -0.1) is 0 Å². The average Bonchev–Trinajstić information content (AvgIpc) is 2.69. The summed E-state index contributed by atoms with van der Waals surface area (Å²) in [6.45, 7) is 9.25. The molecule has 1 unspecified atom stereocenters. The Labute approximate surface area is 160 Å². The van der Waals surface area contributed by atoms with Gasteiger partial charge in [-0.1, -0.05) is 0 Å². The molecule has 2 saturated heterocycles. The lowest BCUT2D eigenvalue weighted by molar-refractivity contribution is -0.162. The first-order valence-corrected chi connectivity index (χ1v) is 9.71. The first-order valence-electron chi connectivity index (χ1n) is 9.71. The Hall–Kier alpha value is -2.12. The third-order valence-electron chi connectivity index (χ3n) is 5.23. The van der Waals surface area contributed by atoms with Crippen LogP contribution in [0.3, 0.4) is 0 Å². The number of carbonyl (C=O) groups is 2. The van der Waals surface area contributed by atoms with Gasteiger partial charge in [0, 0.05) is 44.8 Å². The van der Waals surface area contributed by atoms with Gasteiger partial charge < -0.3 is 19.7 Å². The fourth-order valence-electron chi connectivity index (χ4n) is 3.73. The number of carbonyl (C=O) groups excluding carboxylic acids is 2. The van der Waals surface area contributed by atoms with Crippen molar-refractivity contribution in [1.29, 1.82) is 0 Å². The highest BCUT2D eigenvalue weighted by Crippen LogP contribution is 2.23. The number of piperazine rings is 1. The molecular formula is C20H29N3O4. The Morgan fingerprint density at radius 2 is 1.70 bits per heavy atom. The maximum Gasteiger partial charge on any atom is 0.354 e. The first-order chi connectivity index (χ1) is 13.0. The molecule has 0 bridgehead atoms. The lowest BCUT2D eigenvalue weighted by Gasteiger charge is -2.41. The fraction of sp³-hybridized carbons (Fsp3) is 0.600. The second kappa shape index (κ2) is 9.19. The number of esters is 2. The zero-order valence-electron chi connectivity index (χ0n) is 16.1. The van der Waals surface area contributed by atoms with Crippen LogP contribution in [0.1, 0.15) is 26.7 Å². The molecule has 2 aliphatic rings. The molecule has 2 fully saturated rings. The Kier molecular flexibility index (Phi) is 6.68. The van der Waals surface area contributed by atoms with Crippen LogP contribution in [-0.4, -0.2) is 68.3 Å². The van der Waals surface area contributed by atoms with Crippen molar-refractivity contribution in [3.63, 3.8) is 0 Å². The SMILES string of the molecule is CC(=O)OC(=O)C(C)Oc1ccc(N2CCN(C3CCNCC3)CC2)cc1. The highest BCUT2D eigenvalue weighted by molar-refractivity contribution is 5.86. The second-order valence-corrected chi connectivity index (χ2v) is 7.17. The molecule has 0 amide bonds. The van der Waals surface area contributed by atoms with Crippen LogP contribution in [0.15, 0.2) is 24.3 Å². The van der Waals surface area contributed by atoms with Crippen molar-refractivity contribution in [2.75, 3.05) is 44.2 Å². The Morgan fingerprint density at radius 1 is 1.07 bits per heavy atom. The Morgan fingerprint density at radius 3 is 2.30 bits per heavy atom. The van der Waals surface area contributed by atoms with Gasteiger partial charge in [0.2, 0.25) is 0 Å². The minimum atomic E-state index is -0.826. The van der Waals surface area contributed by atoms with E-state index in [2.05, 4.69) is 19.9 Å². The number of piperidine rings is 1. The quantitative estimate of drug-likeness (QED) is 0.616. The van der Waals surface area contributed by atoms with Crippen LogP contribution in [0.5, 0.6) is 5.75 Å². The highest BCUT2D eigenvalue weighted by Gasteiger charge is 2.25. The van der Waals surface area contributed by atoms with Gasteiger partial charge in [0.25, 0.3) is 0 Å². The molecule has 0 radical (unpaired) electrons. The molecule has 1 N–H and O–H groups in total. The number of hydrogen-bond donors (Lipinski definition) is 1. The van der Waals surface area contributed by atoms with Gasteiger partial charge in [0.1, 0.15) is 5.75 Å². The van der Waals surface area contributed by atoms with E-state index >= 15 is 0 Å².